The Hall–Kier alpha value is -1.89. The molecule has 0 aliphatic rings. The summed E-state index contributed by atoms with van der Waals surface area (Å²) in [5.74, 6) is 6.52. The van der Waals surface area contributed by atoms with E-state index in [0.29, 0.717) is 18.2 Å². The summed E-state index contributed by atoms with van der Waals surface area (Å²) in [6.45, 7) is 4.85. The molecule has 0 radical (unpaired) electrons. The van der Waals surface area contributed by atoms with Gasteiger partial charge >= 0.3 is 0 Å². The summed E-state index contributed by atoms with van der Waals surface area (Å²) >= 11 is 0. The second kappa shape index (κ2) is 7.44. The largest absolute Gasteiger partial charge is 0.361 e. The van der Waals surface area contributed by atoms with Gasteiger partial charge in [-0.25, -0.2) is 15.8 Å². The molecule has 0 saturated carbocycles. The summed E-state index contributed by atoms with van der Waals surface area (Å²) < 4.78 is 0. The van der Waals surface area contributed by atoms with E-state index in [2.05, 4.69) is 26.0 Å². The number of carbonyl (C=O) groups is 1. The van der Waals surface area contributed by atoms with Gasteiger partial charge in [0.1, 0.15) is 18.0 Å². The third kappa shape index (κ3) is 3.85. The molecule has 0 saturated heterocycles. The maximum absolute atomic E-state index is 11.5. The zero-order chi connectivity index (χ0) is 13.4. The van der Waals surface area contributed by atoms with Gasteiger partial charge in [-0.3, -0.25) is 4.79 Å². The number of nitrogens with zero attached hydrogens (tertiary/aromatic N) is 2. The van der Waals surface area contributed by atoms with Crippen molar-refractivity contribution in [3.63, 3.8) is 0 Å². The van der Waals surface area contributed by atoms with Crippen LogP contribution in [0.2, 0.25) is 0 Å². The van der Waals surface area contributed by atoms with Crippen molar-refractivity contribution in [3.05, 3.63) is 11.9 Å². The highest BCUT2D eigenvalue weighted by molar-refractivity contribution is 5.80. The van der Waals surface area contributed by atoms with Crippen molar-refractivity contribution in [1.29, 1.82) is 0 Å². The lowest BCUT2D eigenvalue weighted by molar-refractivity contribution is -0.119. The molecule has 0 fully saturated rings. The Labute approximate surface area is 107 Å². The van der Waals surface area contributed by atoms with Crippen LogP contribution in [0.4, 0.5) is 11.6 Å². The highest BCUT2D eigenvalue weighted by Crippen LogP contribution is 2.18. The van der Waals surface area contributed by atoms with Gasteiger partial charge in [0.25, 0.3) is 0 Å². The summed E-state index contributed by atoms with van der Waals surface area (Å²) in [6, 6.07) is 0. The van der Waals surface area contributed by atoms with Crippen LogP contribution in [0.25, 0.3) is 0 Å². The number of aromatic nitrogens is 2. The predicted molar refractivity (Wildman–Crippen MR) is 71.0 cm³/mol. The zero-order valence-electron chi connectivity index (χ0n) is 10.8. The summed E-state index contributed by atoms with van der Waals surface area (Å²) in [5.41, 5.74) is 3.38. The summed E-state index contributed by atoms with van der Waals surface area (Å²) in [6.07, 6.45) is 3.04. The van der Waals surface area contributed by atoms with E-state index in [1.807, 2.05) is 13.8 Å². The van der Waals surface area contributed by atoms with Crippen molar-refractivity contribution in [1.82, 2.24) is 15.3 Å². The Morgan fingerprint density at radius 1 is 1.33 bits per heavy atom. The molecule has 1 heterocycles. The monoisotopic (exact) mass is 252 g/mol. The smallest absolute Gasteiger partial charge is 0.239 e. The maximum atomic E-state index is 11.5. The van der Waals surface area contributed by atoms with Gasteiger partial charge < -0.3 is 16.1 Å². The lowest BCUT2D eigenvalue weighted by Gasteiger charge is -2.12. The lowest BCUT2D eigenvalue weighted by atomic mass is 10.2. The van der Waals surface area contributed by atoms with E-state index in [-0.39, 0.29) is 12.5 Å². The van der Waals surface area contributed by atoms with Gasteiger partial charge in [0.15, 0.2) is 0 Å². The molecule has 0 aliphatic carbocycles. The van der Waals surface area contributed by atoms with Gasteiger partial charge in [0, 0.05) is 12.1 Å². The first-order valence-corrected chi connectivity index (χ1v) is 6.03. The highest BCUT2D eigenvalue weighted by Gasteiger charge is 2.09. The van der Waals surface area contributed by atoms with Crippen molar-refractivity contribution >= 4 is 17.5 Å². The van der Waals surface area contributed by atoms with Crippen molar-refractivity contribution in [3.8, 4) is 0 Å². The Balaban J connectivity index is 2.64. The molecule has 0 aromatic carbocycles. The van der Waals surface area contributed by atoms with Gasteiger partial charge in [-0.1, -0.05) is 13.8 Å². The first-order chi connectivity index (χ1) is 8.72. The number of carbonyl (C=O) groups excluding carboxylic acids is 1. The molecule has 7 heteroatoms. The Bertz CT molecular complexity index is 395. The third-order valence-electron chi connectivity index (χ3n) is 2.42. The second-order valence-corrected chi connectivity index (χ2v) is 3.75. The van der Waals surface area contributed by atoms with Crippen molar-refractivity contribution in [2.45, 2.75) is 26.7 Å². The molecule has 0 bridgehead atoms. The maximum Gasteiger partial charge on any atom is 0.239 e. The lowest BCUT2D eigenvalue weighted by Crippen LogP contribution is -2.30. The standard InChI is InChI=1S/C11H20N6O/c1-3-5-13-9(18)6-14-10-8(4-2)11(17-12)16-7-15-10/h7H,3-6,12H2,1-2H3,(H,13,18)(H2,14,15,16,17). The number of nitrogens with one attached hydrogen (secondary N) is 3. The number of hydrazine groups is 1. The number of rotatable bonds is 7. The second-order valence-electron chi connectivity index (χ2n) is 3.75. The van der Waals surface area contributed by atoms with E-state index in [9.17, 15) is 4.79 Å². The minimum Gasteiger partial charge on any atom is -0.361 e. The molecule has 0 atom stereocenters. The van der Waals surface area contributed by atoms with Gasteiger partial charge in [-0.2, -0.15) is 0 Å². The van der Waals surface area contributed by atoms with Crippen LogP contribution in [-0.2, 0) is 11.2 Å². The Morgan fingerprint density at radius 2 is 2.06 bits per heavy atom. The molecule has 18 heavy (non-hydrogen) atoms. The van der Waals surface area contributed by atoms with Crippen molar-refractivity contribution in [2.24, 2.45) is 5.84 Å². The number of hydrogen-bond acceptors (Lipinski definition) is 6. The first kappa shape index (κ1) is 14.2. The molecule has 1 rings (SSSR count). The average Bonchev–Trinajstić information content (AvgIpc) is 2.41. The minimum atomic E-state index is -0.0558. The summed E-state index contributed by atoms with van der Waals surface area (Å²) in [4.78, 5) is 19.6. The number of anilines is 2. The summed E-state index contributed by atoms with van der Waals surface area (Å²) in [7, 11) is 0. The number of nitrogens with two attached hydrogens (primary N) is 1. The normalized spacial score (nSPS) is 9.94. The molecule has 0 spiro atoms. The van der Waals surface area contributed by atoms with Crippen molar-refractivity contribution in [2.75, 3.05) is 23.8 Å². The molecule has 5 N–H and O–H groups in total. The van der Waals surface area contributed by atoms with Crippen LogP contribution >= 0.6 is 0 Å². The topological polar surface area (TPSA) is 105 Å². The fourth-order valence-electron chi connectivity index (χ4n) is 1.51. The molecule has 1 aromatic rings. The molecule has 7 nitrogen and oxygen atoms in total. The van der Waals surface area contributed by atoms with Crippen LogP contribution in [-0.4, -0.2) is 29.0 Å². The first-order valence-electron chi connectivity index (χ1n) is 6.03. The van der Waals surface area contributed by atoms with Crippen LogP contribution in [0, 0.1) is 0 Å². The van der Waals surface area contributed by atoms with Crippen molar-refractivity contribution < 1.29 is 4.79 Å². The number of amides is 1. The molecule has 0 unspecified atom stereocenters. The van der Waals surface area contributed by atoms with Gasteiger partial charge in [0.2, 0.25) is 5.91 Å². The van der Waals surface area contributed by atoms with Gasteiger partial charge in [-0.05, 0) is 12.8 Å². The van der Waals surface area contributed by atoms with Crippen LogP contribution in [0.5, 0.6) is 0 Å². The van der Waals surface area contributed by atoms with E-state index in [1.165, 1.54) is 6.33 Å². The molecule has 0 aliphatic heterocycles. The van der Waals surface area contributed by atoms with E-state index in [1.54, 1.807) is 0 Å². The SMILES string of the molecule is CCCNC(=O)CNc1ncnc(NN)c1CC. The fourth-order valence-corrected chi connectivity index (χ4v) is 1.51. The Kier molecular flexibility index (Phi) is 5.86. The van der Waals surface area contributed by atoms with Gasteiger partial charge in [-0.15, -0.1) is 0 Å². The quantitative estimate of drug-likeness (QED) is 0.410. The van der Waals surface area contributed by atoms with Crippen LogP contribution in [0.15, 0.2) is 6.33 Å². The average molecular weight is 252 g/mol. The minimum absolute atomic E-state index is 0.0558. The Morgan fingerprint density at radius 3 is 2.67 bits per heavy atom. The van der Waals surface area contributed by atoms with Crippen LogP contribution in [0.1, 0.15) is 25.8 Å². The van der Waals surface area contributed by atoms with E-state index in [4.69, 9.17) is 5.84 Å². The third-order valence-corrected chi connectivity index (χ3v) is 2.42. The molecular formula is C11H20N6O. The molecule has 1 amide bonds. The van der Waals surface area contributed by atoms with E-state index < -0.39 is 0 Å². The number of nitrogen functional groups attached to an aromatic ring is 1. The van der Waals surface area contributed by atoms with E-state index in [0.717, 1.165) is 18.4 Å². The fraction of sp³-hybridized carbons (Fsp3) is 0.545. The number of hydrogen-bond donors (Lipinski definition) is 4. The zero-order valence-corrected chi connectivity index (χ0v) is 10.8. The molecule has 1 aromatic heterocycles. The van der Waals surface area contributed by atoms with Gasteiger partial charge in [0.05, 0.1) is 6.54 Å². The highest BCUT2D eigenvalue weighted by atomic mass is 16.1. The van der Waals surface area contributed by atoms with Crippen LogP contribution < -0.4 is 21.9 Å². The molecule has 100 valence electrons. The predicted octanol–water partition coefficient (Wildman–Crippen LogP) is 0.263. The van der Waals surface area contributed by atoms with Crippen LogP contribution in [0.3, 0.4) is 0 Å². The summed E-state index contributed by atoms with van der Waals surface area (Å²) in [5, 5.41) is 5.77. The van der Waals surface area contributed by atoms with E-state index >= 15 is 0 Å². The molecular weight excluding hydrogens is 232 g/mol.